The number of unbranched alkanes of at least 4 members (excludes halogenated alkanes) is 19. The van der Waals surface area contributed by atoms with Gasteiger partial charge in [0.05, 0.1) is 0 Å². The smallest absolute Gasteiger partial charge is 0.330 e. The maximum Gasteiger partial charge on any atom is 0.330 e. The van der Waals surface area contributed by atoms with Crippen LogP contribution in [0, 0.1) is 0 Å². The van der Waals surface area contributed by atoms with Crippen LogP contribution in [0.4, 0.5) is 0 Å². The Morgan fingerprint density at radius 1 is 0.586 bits per heavy atom. The van der Waals surface area contributed by atoms with Gasteiger partial charge in [0, 0.05) is 12.2 Å². The van der Waals surface area contributed by atoms with Crippen LogP contribution in [0.15, 0.2) is 12.2 Å². The minimum absolute atomic E-state index is 0.176. The Morgan fingerprint density at radius 3 is 0.966 bits per heavy atom. The highest BCUT2D eigenvalue weighted by atomic mass is 16.4. The molecule has 29 heavy (non-hydrogen) atoms. The molecule has 0 aromatic heterocycles. The van der Waals surface area contributed by atoms with E-state index in [2.05, 4.69) is 13.5 Å². The minimum atomic E-state index is -0.935. The summed E-state index contributed by atoms with van der Waals surface area (Å²) >= 11 is 0. The van der Waals surface area contributed by atoms with Crippen LogP contribution in [0.25, 0.3) is 0 Å². The first-order chi connectivity index (χ1) is 14.1. The van der Waals surface area contributed by atoms with E-state index in [0.29, 0.717) is 6.61 Å². The second kappa shape index (κ2) is 27.2. The van der Waals surface area contributed by atoms with Gasteiger partial charge in [-0.1, -0.05) is 135 Å². The fourth-order valence-electron chi connectivity index (χ4n) is 3.37. The van der Waals surface area contributed by atoms with E-state index in [1.165, 1.54) is 129 Å². The molecule has 0 bridgehead atoms. The van der Waals surface area contributed by atoms with Crippen LogP contribution in [0.2, 0.25) is 0 Å². The lowest BCUT2D eigenvalue weighted by Crippen LogP contribution is -1.92. The van der Waals surface area contributed by atoms with Crippen LogP contribution < -0.4 is 0 Å². The Hall–Kier alpha value is -0.830. The highest BCUT2D eigenvalue weighted by Crippen LogP contribution is 2.14. The van der Waals surface area contributed by atoms with E-state index in [1.54, 1.807) is 0 Å². The fraction of sp³-hybridized carbons (Fsp3) is 0.885. The highest BCUT2D eigenvalue weighted by molar-refractivity contribution is 5.84. The van der Waals surface area contributed by atoms with Gasteiger partial charge in [0.25, 0.3) is 0 Å². The summed E-state index contributed by atoms with van der Waals surface area (Å²) in [7, 11) is 0. The Balaban J connectivity index is 0. The molecule has 0 aliphatic heterocycles. The Bertz CT molecular complexity index is 307. The second-order valence-corrected chi connectivity index (χ2v) is 8.53. The third-order valence-corrected chi connectivity index (χ3v) is 5.38. The van der Waals surface area contributed by atoms with Crippen molar-refractivity contribution in [2.24, 2.45) is 0 Å². The highest BCUT2D eigenvalue weighted by Gasteiger charge is 1.95. The van der Waals surface area contributed by atoms with E-state index in [4.69, 9.17) is 10.2 Å². The Morgan fingerprint density at radius 2 is 0.793 bits per heavy atom. The number of carboxylic acids is 1. The first-order valence-corrected chi connectivity index (χ1v) is 12.6. The van der Waals surface area contributed by atoms with Gasteiger partial charge in [0.2, 0.25) is 0 Å². The predicted octanol–water partition coefficient (Wildman–Crippen LogP) is 8.45. The van der Waals surface area contributed by atoms with E-state index >= 15 is 0 Å². The van der Waals surface area contributed by atoms with Crippen molar-refractivity contribution in [1.82, 2.24) is 0 Å². The molecule has 3 heteroatoms. The summed E-state index contributed by atoms with van der Waals surface area (Å²) in [6, 6.07) is 0. The van der Waals surface area contributed by atoms with Gasteiger partial charge in [-0.15, -0.1) is 0 Å². The molecule has 2 N–H and O–H groups in total. The first-order valence-electron chi connectivity index (χ1n) is 12.6. The fourth-order valence-corrected chi connectivity index (χ4v) is 3.37. The van der Waals surface area contributed by atoms with Crippen molar-refractivity contribution in [2.75, 3.05) is 6.61 Å². The molecule has 0 aliphatic rings. The van der Waals surface area contributed by atoms with Crippen molar-refractivity contribution in [3.05, 3.63) is 12.2 Å². The number of hydrogen-bond acceptors (Lipinski definition) is 2. The zero-order valence-corrected chi connectivity index (χ0v) is 19.9. The molecule has 0 fully saturated rings. The second-order valence-electron chi connectivity index (χ2n) is 8.53. The number of rotatable bonds is 21. The molecule has 0 heterocycles. The van der Waals surface area contributed by atoms with Crippen LogP contribution in [-0.4, -0.2) is 22.8 Å². The van der Waals surface area contributed by atoms with Gasteiger partial charge in [-0.25, -0.2) is 4.79 Å². The molecule has 0 rings (SSSR count). The lowest BCUT2D eigenvalue weighted by atomic mass is 10.0. The lowest BCUT2D eigenvalue weighted by molar-refractivity contribution is -0.132. The summed E-state index contributed by atoms with van der Waals surface area (Å²) in [6.45, 7) is 7.27. The maximum absolute atomic E-state index is 9.60. The van der Waals surface area contributed by atoms with Crippen LogP contribution in [-0.2, 0) is 4.79 Å². The van der Waals surface area contributed by atoms with Gasteiger partial charge in [0.15, 0.2) is 0 Å². The molecule has 0 aromatic carbocycles. The molecule has 0 saturated carbocycles. The SMILES string of the molecule is C=C(C)C(=O)O.CCCCCCCCCCCCCCCCCCCCCCO. The summed E-state index contributed by atoms with van der Waals surface area (Å²) in [5, 5.41) is 16.6. The minimum Gasteiger partial charge on any atom is -0.478 e. The van der Waals surface area contributed by atoms with Crippen molar-refractivity contribution in [1.29, 1.82) is 0 Å². The standard InChI is InChI=1S/C22H46O.C4H6O2/c1-2-3-4-5-6-7-8-9-10-11-12-13-14-15-16-17-18-19-20-21-22-23;1-3(2)4(5)6/h23H,2-22H2,1H3;1H2,2H3,(H,5,6). The van der Waals surface area contributed by atoms with Crippen LogP contribution in [0.1, 0.15) is 142 Å². The van der Waals surface area contributed by atoms with Gasteiger partial charge in [0.1, 0.15) is 0 Å². The van der Waals surface area contributed by atoms with Gasteiger partial charge in [-0.2, -0.15) is 0 Å². The molecule has 0 atom stereocenters. The summed E-state index contributed by atoms with van der Waals surface area (Å²) < 4.78 is 0. The Kier molecular flexibility index (Phi) is 28.4. The number of hydrogen-bond donors (Lipinski definition) is 2. The van der Waals surface area contributed by atoms with Gasteiger partial charge >= 0.3 is 5.97 Å². The molecular weight excluding hydrogens is 360 g/mol. The maximum atomic E-state index is 9.60. The first kappa shape index (κ1) is 30.4. The van der Waals surface area contributed by atoms with Crippen LogP contribution >= 0.6 is 0 Å². The monoisotopic (exact) mass is 412 g/mol. The molecule has 0 saturated heterocycles. The average Bonchev–Trinajstić information content (AvgIpc) is 2.70. The van der Waals surface area contributed by atoms with E-state index in [-0.39, 0.29) is 5.57 Å². The van der Waals surface area contributed by atoms with Crippen molar-refractivity contribution in [2.45, 2.75) is 142 Å². The summed E-state index contributed by atoms with van der Waals surface area (Å²) in [5.41, 5.74) is 0.176. The largest absolute Gasteiger partial charge is 0.478 e. The van der Waals surface area contributed by atoms with Crippen molar-refractivity contribution in [3.63, 3.8) is 0 Å². The third-order valence-electron chi connectivity index (χ3n) is 5.38. The third kappa shape index (κ3) is 32.1. The Labute approximate surface area is 182 Å². The average molecular weight is 413 g/mol. The lowest BCUT2D eigenvalue weighted by Gasteiger charge is -2.03. The van der Waals surface area contributed by atoms with Crippen molar-refractivity contribution >= 4 is 5.97 Å². The number of carbonyl (C=O) groups is 1. The van der Waals surface area contributed by atoms with Crippen LogP contribution in [0.3, 0.4) is 0 Å². The number of aliphatic hydroxyl groups excluding tert-OH is 1. The van der Waals surface area contributed by atoms with Crippen LogP contribution in [0.5, 0.6) is 0 Å². The summed E-state index contributed by atoms with van der Waals surface area (Å²) in [6.07, 6.45) is 28.1. The molecule has 0 aliphatic carbocycles. The van der Waals surface area contributed by atoms with Gasteiger partial charge in [-0.05, 0) is 13.3 Å². The molecule has 0 spiro atoms. The molecule has 0 unspecified atom stereocenters. The molecule has 0 radical (unpaired) electrons. The zero-order chi connectivity index (χ0) is 22.0. The van der Waals surface area contributed by atoms with E-state index < -0.39 is 5.97 Å². The van der Waals surface area contributed by atoms with Crippen molar-refractivity contribution in [3.8, 4) is 0 Å². The normalized spacial score (nSPS) is 10.4. The zero-order valence-electron chi connectivity index (χ0n) is 19.9. The summed E-state index contributed by atoms with van der Waals surface area (Å²) in [4.78, 5) is 9.60. The molecule has 0 amide bonds. The number of aliphatic hydroxyl groups is 1. The van der Waals surface area contributed by atoms with Gasteiger partial charge in [-0.3, -0.25) is 0 Å². The topological polar surface area (TPSA) is 57.5 Å². The predicted molar refractivity (Wildman–Crippen MR) is 128 cm³/mol. The number of aliphatic carboxylic acids is 1. The quantitative estimate of drug-likeness (QED) is 0.147. The molecule has 0 aromatic rings. The molecular formula is C26H52O3. The molecule has 174 valence electrons. The van der Waals surface area contributed by atoms with Gasteiger partial charge < -0.3 is 10.2 Å². The van der Waals surface area contributed by atoms with E-state index in [1.807, 2.05) is 0 Å². The number of carboxylic acid groups (broad SMARTS) is 1. The molecule has 3 nitrogen and oxygen atoms in total. The van der Waals surface area contributed by atoms with E-state index in [9.17, 15) is 4.79 Å². The van der Waals surface area contributed by atoms with E-state index in [0.717, 1.165) is 6.42 Å². The van der Waals surface area contributed by atoms with Crippen molar-refractivity contribution < 1.29 is 15.0 Å². The summed E-state index contributed by atoms with van der Waals surface area (Å²) in [5.74, 6) is -0.935.